The van der Waals surface area contributed by atoms with Crippen molar-refractivity contribution < 1.29 is 4.39 Å². The zero-order chi connectivity index (χ0) is 12.4. The van der Waals surface area contributed by atoms with E-state index in [0.717, 1.165) is 4.47 Å². The van der Waals surface area contributed by atoms with Gasteiger partial charge in [0.1, 0.15) is 5.82 Å². The quantitative estimate of drug-likeness (QED) is 0.797. The van der Waals surface area contributed by atoms with Gasteiger partial charge in [-0.15, -0.1) is 0 Å². The highest BCUT2D eigenvalue weighted by Crippen LogP contribution is 2.31. The number of anilines is 3. The highest BCUT2D eigenvalue weighted by molar-refractivity contribution is 9.10. The van der Waals surface area contributed by atoms with Gasteiger partial charge >= 0.3 is 0 Å². The molecule has 0 unspecified atom stereocenters. The lowest BCUT2D eigenvalue weighted by atomic mass is 10.2. The summed E-state index contributed by atoms with van der Waals surface area (Å²) in [7, 11) is 0. The number of para-hydroxylation sites is 1. The number of nitrogen functional groups attached to an aromatic ring is 1. The molecule has 0 heterocycles. The zero-order valence-corrected chi connectivity index (χ0v) is 11.0. The molecule has 5 heteroatoms. The third-order valence-corrected chi connectivity index (χ3v) is 3.07. The van der Waals surface area contributed by atoms with Crippen molar-refractivity contribution in [2.75, 3.05) is 11.1 Å². The molecule has 0 saturated carbocycles. The van der Waals surface area contributed by atoms with Gasteiger partial charge in [0.25, 0.3) is 0 Å². The molecule has 0 spiro atoms. The minimum Gasteiger partial charge on any atom is -0.396 e. The standard InChI is InChI=1S/C12H9BrClFN2/c13-7-4-5-9(15)11(6-7)17-10-3-1-2-8(14)12(10)16/h1-6,17H,16H2. The van der Waals surface area contributed by atoms with Crippen molar-refractivity contribution in [1.82, 2.24) is 0 Å². The summed E-state index contributed by atoms with van der Waals surface area (Å²) >= 11 is 9.16. The molecule has 2 aromatic carbocycles. The Morgan fingerprint density at radius 1 is 1.18 bits per heavy atom. The molecule has 0 aliphatic carbocycles. The molecule has 0 saturated heterocycles. The lowest BCUT2D eigenvalue weighted by Crippen LogP contribution is -1.98. The third-order valence-electron chi connectivity index (χ3n) is 2.25. The molecular formula is C12H9BrClFN2. The van der Waals surface area contributed by atoms with E-state index in [-0.39, 0.29) is 5.82 Å². The summed E-state index contributed by atoms with van der Waals surface area (Å²) in [6.45, 7) is 0. The van der Waals surface area contributed by atoms with Crippen LogP contribution < -0.4 is 11.1 Å². The van der Waals surface area contributed by atoms with Gasteiger partial charge in [0.05, 0.1) is 22.1 Å². The fourth-order valence-corrected chi connectivity index (χ4v) is 1.92. The second-order valence-electron chi connectivity index (χ2n) is 3.45. The van der Waals surface area contributed by atoms with E-state index >= 15 is 0 Å². The third kappa shape index (κ3) is 2.70. The van der Waals surface area contributed by atoms with Gasteiger partial charge in [0, 0.05) is 4.47 Å². The van der Waals surface area contributed by atoms with E-state index in [1.54, 1.807) is 30.3 Å². The van der Waals surface area contributed by atoms with Gasteiger partial charge in [-0.2, -0.15) is 0 Å². The summed E-state index contributed by atoms with van der Waals surface area (Å²) in [4.78, 5) is 0. The Kier molecular flexibility index (Phi) is 3.54. The van der Waals surface area contributed by atoms with Crippen LogP contribution in [0, 0.1) is 5.82 Å². The number of halogens is 3. The lowest BCUT2D eigenvalue weighted by molar-refractivity contribution is 0.631. The van der Waals surface area contributed by atoms with Crippen LogP contribution >= 0.6 is 27.5 Å². The van der Waals surface area contributed by atoms with E-state index in [1.807, 2.05) is 0 Å². The van der Waals surface area contributed by atoms with Crippen LogP contribution in [0.2, 0.25) is 5.02 Å². The van der Waals surface area contributed by atoms with Crippen molar-refractivity contribution in [1.29, 1.82) is 0 Å². The van der Waals surface area contributed by atoms with Gasteiger partial charge < -0.3 is 11.1 Å². The first-order chi connectivity index (χ1) is 8.08. The number of hydrogen-bond acceptors (Lipinski definition) is 2. The van der Waals surface area contributed by atoms with E-state index in [1.165, 1.54) is 6.07 Å². The van der Waals surface area contributed by atoms with Gasteiger partial charge in [0.2, 0.25) is 0 Å². The van der Waals surface area contributed by atoms with E-state index in [4.69, 9.17) is 17.3 Å². The average molecular weight is 316 g/mol. The summed E-state index contributed by atoms with van der Waals surface area (Å²) in [5.41, 5.74) is 7.11. The van der Waals surface area contributed by atoms with Crippen molar-refractivity contribution in [3.05, 3.63) is 51.7 Å². The predicted molar refractivity (Wildman–Crippen MR) is 73.2 cm³/mol. The monoisotopic (exact) mass is 314 g/mol. The van der Waals surface area contributed by atoms with E-state index in [9.17, 15) is 4.39 Å². The highest BCUT2D eigenvalue weighted by Gasteiger charge is 2.07. The summed E-state index contributed by atoms with van der Waals surface area (Å²) in [6.07, 6.45) is 0. The molecule has 0 amide bonds. The fraction of sp³-hybridized carbons (Fsp3) is 0. The molecule has 0 aliphatic heterocycles. The molecule has 0 bridgehead atoms. The van der Waals surface area contributed by atoms with Crippen LogP contribution in [0.4, 0.5) is 21.5 Å². The molecule has 2 nitrogen and oxygen atoms in total. The first-order valence-corrected chi connectivity index (χ1v) is 6.01. The SMILES string of the molecule is Nc1c(Cl)cccc1Nc1cc(Br)ccc1F. The summed E-state index contributed by atoms with van der Waals surface area (Å²) in [6, 6.07) is 9.79. The molecule has 0 atom stereocenters. The van der Waals surface area contributed by atoms with Crippen LogP contribution in [0.3, 0.4) is 0 Å². The van der Waals surface area contributed by atoms with Crippen molar-refractivity contribution >= 4 is 44.6 Å². The van der Waals surface area contributed by atoms with Gasteiger partial charge in [0.15, 0.2) is 0 Å². The average Bonchev–Trinajstić information content (AvgIpc) is 2.30. The van der Waals surface area contributed by atoms with Crippen molar-refractivity contribution in [2.45, 2.75) is 0 Å². The Morgan fingerprint density at radius 3 is 2.71 bits per heavy atom. The van der Waals surface area contributed by atoms with Crippen LogP contribution in [-0.4, -0.2) is 0 Å². The first kappa shape index (κ1) is 12.2. The first-order valence-electron chi connectivity index (χ1n) is 4.84. The summed E-state index contributed by atoms with van der Waals surface area (Å²) in [5, 5.41) is 3.34. The van der Waals surface area contributed by atoms with Crippen LogP contribution in [0.1, 0.15) is 0 Å². The zero-order valence-electron chi connectivity index (χ0n) is 8.68. The van der Waals surface area contributed by atoms with E-state index < -0.39 is 0 Å². The Balaban J connectivity index is 2.38. The Bertz CT molecular complexity index is 560. The number of nitrogens with one attached hydrogen (secondary N) is 1. The minimum atomic E-state index is -0.354. The maximum atomic E-state index is 13.5. The number of rotatable bonds is 2. The predicted octanol–water partition coefficient (Wildman–Crippen LogP) is 4.57. The Morgan fingerprint density at radius 2 is 1.94 bits per heavy atom. The smallest absolute Gasteiger partial charge is 0.146 e. The summed E-state index contributed by atoms with van der Waals surface area (Å²) < 4.78 is 14.3. The molecule has 17 heavy (non-hydrogen) atoms. The molecular weight excluding hydrogens is 307 g/mol. The van der Waals surface area contributed by atoms with Gasteiger partial charge in [-0.25, -0.2) is 4.39 Å². The maximum absolute atomic E-state index is 13.5. The minimum absolute atomic E-state index is 0.341. The van der Waals surface area contributed by atoms with Crippen LogP contribution in [0.15, 0.2) is 40.9 Å². The van der Waals surface area contributed by atoms with Gasteiger partial charge in [-0.05, 0) is 30.3 Å². The van der Waals surface area contributed by atoms with Crippen LogP contribution in [-0.2, 0) is 0 Å². The second kappa shape index (κ2) is 4.94. The Hall–Kier alpha value is -1.26. The molecule has 3 N–H and O–H groups in total. The van der Waals surface area contributed by atoms with Gasteiger partial charge in [-0.1, -0.05) is 33.6 Å². The largest absolute Gasteiger partial charge is 0.396 e. The van der Waals surface area contributed by atoms with E-state index in [2.05, 4.69) is 21.2 Å². The Labute approximate surface area is 112 Å². The fourth-order valence-electron chi connectivity index (χ4n) is 1.38. The molecule has 0 aromatic heterocycles. The molecule has 0 radical (unpaired) electrons. The number of nitrogens with two attached hydrogens (primary N) is 1. The topological polar surface area (TPSA) is 38.0 Å². The van der Waals surface area contributed by atoms with Crippen LogP contribution in [0.5, 0.6) is 0 Å². The van der Waals surface area contributed by atoms with Gasteiger partial charge in [-0.3, -0.25) is 0 Å². The van der Waals surface area contributed by atoms with E-state index in [0.29, 0.717) is 22.1 Å². The molecule has 2 aromatic rings. The number of benzene rings is 2. The number of hydrogen-bond donors (Lipinski definition) is 2. The molecule has 0 fully saturated rings. The maximum Gasteiger partial charge on any atom is 0.146 e. The summed E-state index contributed by atoms with van der Waals surface area (Å²) in [5.74, 6) is -0.354. The molecule has 88 valence electrons. The lowest BCUT2D eigenvalue weighted by Gasteiger charge is -2.11. The second-order valence-corrected chi connectivity index (χ2v) is 4.77. The van der Waals surface area contributed by atoms with Crippen LogP contribution in [0.25, 0.3) is 0 Å². The normalized spacial score (nSPS) is 10.3. The van der Waals surface area contributed by atoms with Crippen molar-refractivity contribution in [3.63, 3.8) is 0 Å². The van der Waals surface area contributed by atoms with Crippen molar-refractivity contribution in [3.8, 4) is 0 Å². The molecule has 2 rings (SSSR count). The molecule has 0 aliphatic rings. The van der Waals surface area contributed by atoms with Crippen molar-refractivity contribution in [2.24, 2.45) is 0 Å². The highest BCUT2D eigenvalue weighted by atomic mass is 79.9.